The van der Waals surface area contributed by atoms with Gasteiger partial charge in [0.15, 0.2) is 0 Å². The van der Waals surface area contributed by atoms with Crippen molar-refractivity contribution in [3.8, 4) is 5.75 Å². The number of carboxylic acid groups (broad SMARTS) is 1. The first kappa shape index (κ1) is 11.9. The zero-order valence-electron chi connectivity index (χ0n) is 9.85. The standard InChI is InChI=1S/C13H17NO3/c1-2-17-12-6-4-3-5-9(12)10-7-14-8-11(10)13(15)16/h3-6,10-11,14H,2,7-8H2,1H3,(H,15,16). The molecule has 0 aromatic heterocycles. The highest BCUT2D eigenvalue weighted by Gasteiger charge is 2.35. The molecule has 0 bridgehead atoms. The van der Waals surface area contributed by atoms with Gasteiger partial charge in [0.2, 0.25) is 0 Å². The fourth-order valence-corrected chi connectivity index (χ4v) is 2.34. The molecule has 2 atom stereocenters. The van der Waals surface area contributed by atoms with Gasteiger partial charge in [-0.15, -0.1) is 0 Å². The molecule has 1 heterocycles. The van der Waals surface area contributed by atoms with E-state index in [4.69, 9.17) is 4.74 Å². The van der Waals surface area contributed by atoms with E-state index in [-0.39, 0.29) is 11.8 Å². The number of para-hydroxylation sites is 1. The molecule has 0 spiro atoms. The Kier molecular flexibility index (Phi) is 3.64. The van der Waals surface area contributed by atoms with Gasteiger partial charge < -0.3 is 15.2 Å². The van der Waals surface area contributed by atoms with Crippen molar-refractivity contribution < 1.29 is 14.6 Å². The van der Waals surface area contributed by atoms with Crippen molar-refractivity contribution in [3.63, 3.8) is 0 Å². The number of aliphatic carboxylic acids is 1. The summed E-state index contributed by atoms with van der Waals surface area (Å²) >= 11 is 0. The Bertz CT molecular complexity index is 405. The van der Waals surface area contributed by atoms with Gasteiger partial charge in [-0.1, -0.05) is 18.2 Å². The number of rotatable bonds is 4. The number of benzene rings is 1. The molecule has 1 aromatic carbocycles. The molecule has 92 valence electrons. The van der Waals surface area contributed by atoms with Gasteiger partial charge in [-0.2, -0.15) is 0 Å². The van der Waals surface area contributed by atoms with Crippen LogP contribution < -0.4 is 10.1 Å². The van der Waals surface area contributed by atoms with E-state index in [9.17, 15) is 9.90 Å². The third-order valence-electron chi connectivity index (χ3n) is 3.15. The van der Waals surface area contributed by atoms with Gasteiger partial charge in [0.05, 0.1) is 12.5 Å². The van der Waals surface area contributed by atoms with E-state index >= 15 is 0 Å². The summed E-state index contributed by atoms with van der Waals surface area (Å²) in [5.41, 5.74) is 0.992. The number of ether oxygens (including phenoxy) is 1. The van der Waals surface area contributed by atoms with Gasteiger partial charge in [-0.05, 0) is 18.6 Å². The minimum absolute atomic E-state index is 0.00440. The van der Waals surface area contributed by atoms with Crippen LogP contribution in [0.2, 0.25) is 0 Å². The highest BCUT2D eigenvalue weighted by Crippen LogP contribution is 2.34. The van der Waals surface area contributed by atoms with Crippen LogP contribution in [0.15, 0.2) is 24.3 Å². The van der Waals surface area contributed by atoms with E-state index in [0.29, 0.717) is 19.7 Å². The topological polar surface area (TPSA) is 58.6 Å². The van der Waals surface area contributed by atoms with E-state index in [1.165, 1.54) is 0 Å². The minimum atomic E-state index is -0.744. The first-order valence-electron chi connectivity index (χ1n) is 5.89. The molecule has 2 rings (SSSR count). The van der Waals surface area contributed by atoms with Gasteiger partial charge in [-0.25, -0.2) is 0 Å². The largest absolute Gasteiger partial charge is 0.494 e. The lowest BCUT2D eigenvalue weighted by molar-refractivity contribution is -0.141. The van der Waals surface area contributed by atoms with E-state index in [1.807, 2.05) is 31.2 Å². The molecule has 4 nitrogen and oxygen atoms in total. The molecule has 2 N–H and O–H groups in total. The van der Waals surface area contributed by atoms with Crippen molar-refractivity contribution in [1.82, 2.24) is 5.32 Å². The average molecular weight is 235 g/mol. The second-order valence-corrected chi connectivity index (χ2v) is 4.18. The zero-order chi connectivity index (χ0) is 12.3. The highest BCUT2D eigenvalue weighted by molar-refractivity contribution is 5.72. The third kappa shape index (κ3) is 2.42. The molecule has 17 heavy (non-hydrogen) atoms. The number of carboxylic acids is 1. The summed E-state index contributed by atoms with van der Waals surface area (Å²) in [4.78, 5) is 11.2. The SMILES string of the molecule is CCOc1ccccc1C1CNCC1C(=O)O. The van der Waals surface area contributed by atoms with Gasteiger partial charge >= 0.3 is 5.97 Å². The third-order valence-corrected chi connectivity index (χ3v) is 3.15. The smallest absolute Gasteiger partial charge is 0.308 e. The molecule has 1 aliphatic heterocycles. The Balaban J connectivity index is 2.29. The van der Waals surface area contributed by atoms with Crippen molar-refractivity contribution >= 4 is 5.97 Å². The number of hydrogen-bond donors (Lipinski definition) is 2. The summed E-state index contributed by atoms with van der Waals surface area (Å²) in [7, 11) is 0. The summed E-state index contributed by atoms with van der Waals surface area (Å²) in [6.07, 6.45) is 0. The van der Waals surface area contributed by atoms with Crippen molar-refractivity contribution in [1.29, 1.82) is 0 Å². The monoisotopic (exact) mass is 235 g/mol. The Morgan fingerprint density at radius 1 is 1.47 bits per heavy atom. The van der Waals surface area contributed by atoms with E-state index in [1.54, 1.807) is 0 Å². The molecule has 1 fully saturated rings. The summed E-state index contributed by atoms with van der Waals surface area (Å²) in [6, 6.07) is 7.69. The van der Waals surface area contributed by atoms with Gasteiger partial charge in [0, 0.05) is 19.0 Å². The molecular weight excluding hydrogens is 218 g/mol. The first-order chi connectivity index (χ1) is 8.24. The molecule has 1 saturated heterocycles. The quantitative estimate of drug-likeness (QED) is 0.829. The van der Waals surface area contributed by atoms with Gasteiger partial charge in [-0.3, -0.25) is 4.79 Å². The number of nitrogens with one attached hydrogen (secondary N) is 1. The lowest BCUT2D eigenvalue weighted by Crippen LogP contribution is -2.21. The van der Waals surface area contributed by atoms with Crippen molar-refractivity contribution in [2.45, 2.75) is 12.8 Å². The van der Waals surface area contributed by atoms with Crippen LogP contribution >= 0.6 is 0 Å². The number of carbonyl (C=O) groups is 1. The normalized spacial score (nSPS) is 23.6. The van der Waals surface area contributed by atoms with Crippen LogP contribution in [0, 0.1) is 5.92 Å². The van der Waals surface area contributed by atoms with E-state index in [2.05, 4.69) is 5.32 Å². The maximum absolute atomic E-state index is 11.2. The Hall–Kier alpha value is -1.55. The summed E-state index contributed by atoms with van der Waals surface area (Å²) < 4.78 is 5.56. The molecule has 0 amide bonds. The number of hydrogen-bond acceptors (Lipinski definition) is 3. The molecular formula is C13H17NO3. The van der Waals surface area contributed by atoms with E-state index in [0.717, 1.165) is 11.3 Å². The van der Waals surface area contributed by atoms with Crippen LogP contribution in [0.1, 0.15) is 18.4 Å². The molecule has 2 unspecified atom stereocenters. The van der Waals surface area contributed by atoms with Crippen LogP contribution in [0.3, 0.4) is 0 Å². The fourth-order valence-electron chi connectivity index (χ4n) is 2.34. The zero-order valence-corrected chi connectivity index (χ0v) is 9.85. The van der Waals surface area contributed by atoms with E-state index < -0.39 is 5.97 Å². The summed E-state index contributed by atoms with van der Waals surface area (Å²) in [5, 5.41) is 12.3. The van der Waals surface area contributed by atoms with Crippen LogP contribution in [0.5, 0.6) is 5.75 Å². The Morgan fingerprint density at radius 2 is 2.24 bits per heavy atom. The van der Waals surface area contributed by atoms with Crippen LogP contribution in [0.25, 0.3) is 0 Å². The fraction of sp³-hybridized carbons (Fsp3) is 0.462. The first-order valence-corrected chi connectivity index (χ1v) is 5.89. The van der Waals surface area contributed by atoms with Crippen LogP contribution in [-0.2, 0) is 4.79 Å². The molecule has 0 saturated carbocycles. The highest BCUT2D eigenvalue weighted by atomic mass is 16.5. The van der Waals surface area contributed by atoms with Crippen molar-refractivity contribution in [2.75, 3.05) is 19.7 Å². The van der Waals surface area contributed by atoms with Crippen LogP contribution in [0.4, 0.5) is 0 Å². The molecule has 4 heteroatoms. The molecule has 0 radical (unpaired) electrons. The minimum Gasteiger partial charge on any atom is -0.494 e. The van der Waals surface area contributed by atoms with Gasteiger partial charge in [0.25, 0.3) is 0 Å². The Labute approximate surface area is 101 Å². The average Bonchev–Trinajstić information content (AvgIpc) is 2.79. The van der Waals surface area contributed by atoms with Crippen molar-refractivity contribution in [3.05, 3.63) is 29.8 Å². The van der Waals surface area contributed by atoms with Crippen LogP contribution in [-0.4, -0.2) is 30.8 Å². The maximum Gasteiger partial charge on any atom is 0.308 e. The lowest BCUT2D eigenvalue weighted by Gasteiger charge is -2.18. The molecule has 0 aliphatic carbocycles. The summed E-state index contributed by atoms with van der Waals surface area (Å²) in [6.45, 7) is 3.74. The van der Waals surface area contributed by atoms with Crippen molar-refractivity contribution in [2.24, 2.45) is 5.92 Å². The second kappa shape index (κ2) is 5.19. The molecule has 1 aromatic rings. The predicted molar refractivity (Wildman–Crippen MR) is 64.3 cm³/mol. The summed E-state index contributed by atoms with van der Waals surface area (Å²) in [5.74, 6) is -0.312. The predicted octanol–water partition coefficient (Wildman–Crippen LogP) is 1.47. The molecule has 1 aliphatic rings. The maximum atomic E-state index is 11.2. The lowest BCUT2D eigenvalue weighted by atomic mass is 9.88. The second-order valence-electron chi connectivity index (χ2n) is 4.18. The van der Waals surface area contributed by atoms with Gasteiger partial charge in [0.1, 0.15) is 5.75 Å². The Morgan fingerprint density at radius 3 is 2.94 bits per heavy atom.